The van der Waals surface area contributed by atoms with Gasteiger partial charge in [0.2, 0.25) is 0 Å². The van der Waals surface area contributed by atoms with Crippen LogP contribution in [0.1, 0.15) is 5.56 Å². The Morgan fingerprint density at radius 2 is 1.87 bits per heavy atom. The molecule has 0 amide bonds. The minimum atomic E-state index is 0.190. The quantitative estimate of drug-likeness (QED) is 0.581. The number of hydrogen-bond acceptors (Lipinski definition) is 5. The summed E-state index contributed by atoms with van der Waals surface area (Å²) >= 11 is 0. The summed E-state index contributed by atoms with van der Waals surface area (Å²) in [5.41, 5.74) is 18.8. The normalized spacial score (nSPS) is 10.1. The van der Waals surface area contributed by atoms with Crippen molar-refractivity contribution in [1.29, 1.82) is 5.26 Å². The zero-order valence-corrected chi connectivity index (χ0v) is 7.86. The summed E-state index contributed by atoms with van der Waals surface area (Å²) in [5.74, 6) is 0.190. The highest BCUT2D eigenvalue weighted by molar-refractivity contribution is 5.99. The van der Waals surface area contributed by atoms with Gasteiger partial charge in [-0.15, -0.1) is 0 Å². The lowest BCUT2D eigenvalue weighted by Gasteiger charge is -2.07. The van der Waals surface area contributed by atoms with Gasteiger partial charge in [-0.1, -0.05) is 0 Å². The largest absolute Gasteiger partial charge is 0.396 e. The number of nitriles is 1. The molecule has 15 heavy (non-hydrogen) atoms. The Morgan fingerprint density at radius 3 is 2.53 bits per heavy atom. The van der Waals surface area contributed by atoms with Crippen molar-refractivity contribution in [2.45, 2.75) is 0 Å². The van der Waals surface area contributed by atoms with E-state index in [-0.39, 0.29) is 11.5 Å². The molecule has 0 aliphatic carbocycles. The van der Waals surface area contributed by atoms with E-state index in [1.807, 2.05) is 6.07 Å². The summed E-state index contributed by atoms with van der Waals surface area (Å²) in [6.45, 7) is 0. The molecule has 0 bridgehead atoms. The molecule has 0 saturated carbocycles. The minimum absolute atomic E-state index is 0.190. The first-order chi connectivity index (χ1) is 7.13. The molecule has 0 saturated heterocycles. The predicted molar refractivity (Wildman–Crippen MR) is 59.7 cm³/mol. The molecule has 0 aliphatic heterocycles. The van der Waals surface area contributed by atoms with E-state index in [0.29, 0.717) is 22.2 Å². The van der Waals surface area contributed by atoms with Crippen LogP contribution in [-0.4, -0.2) is 4.98 Å². The number of nitrogens with two attached hydrogens (primary N) is 3. The van der Waals surface area contributed by atoms with E-state index in [2.05, 4.69) is 4.98 Å². The van der Waals surface area contributed by atoms with Crippen molar-refractivity contribution in [1.82, 2.24) is 4.98 Å². The molecule has 5 heteroatoms. The number of pyridine rings is 1. The maximum atomic E-state index is 8.73. The number of anilines is 3. The van der Waals surface area contributed by atoms with Gasteiger partial charge in [0.15, 0.2) is 0 Å². The molecule has 2 aromatic rings. The van der Waals surface area contributed by atoms with Crippen LogP contribution in [0.3, 0.4) is 0 Å². The van der Waals surface area contributed by atoms with E-state index in [4.69, 9.17) is 22.5 Å². The molecule has 1 aromatic carbocycles. The van der Waals surface area contributed by atoms with Crippen molar-refractivity contribution in [2.75, 3.05) is 17.2 Å². The van der Waals surface area contributed by atoms with Crippen molar-refractivity contribution in [3.8, 4) is 6.07 Å². The minimum Gasteiger partial charge on any atom is -0.396 e. The molecule has 1 aromatic heterocycles. The average molecular weight is 199 g/mol. The Morgan fingerprint density at radius 1 is 1.13 bits per heavy atom. The number of nitrogens with zero attached hydrogens (tertiary/aromatic N) is 2. The third kappa shape index (κ3) is 1.28. The Labute approximate surface area is 86.1 Å². The van der Waals surface area contributed by atoms with Gasteiger partial charge >= 0.3 is 0 Å². The highest BCUT2D eigenvalue weighted by Crippen LogP contribution is 2.29. The van der Waals surface area contributed by atoms with Gasteiger partial charge in [0, 0.05) is 5.39 Å². The van der Waals surface area contributed by atoms with Gasteiger partial charge < -0.3 is 17.2 Å². The van der Waals surface area contributed by atoms with Gasteiger partial charge in [0.25, 0.3) is 0 Å². The molecular weight excluding hydrogens is 190 g/mol. The lowest BCUT2D eigenvalue weighted by molar-refractivity contribution is 1.41. The van der Waals surface area contributed by atoms with Crippen LogP contribution in [-0.2, 0) is 0 Å². The van der Waals surface area contributed by atoms with Crippen LogP contribution in [0.4, 0.5) is 17.2 Å². The predicted octanol–water partition coefficient (Wildman–Crippen LogP) is 0.853. The molecule has 0 unspecified atom stereocenters. The molecule has 0 aliphatic rings. The van der Waals surface area contributed by atoms with Gasteiger partial charge in [-0.25, -0.2) is 4.98 Å². The van der Waals surface area contributed by atoms with Crippen molar-refractivity contribution in [2.24, 2.45) is 0 Å². The van der Waals surface area contributed by atoms with E-state index in [1.54, 1.807) is 18.2 Å². The lowest BCUT2D eigenvalue weighted by atomic mass is 10.1. The standard InChI is InChI=1S/C10H9N5/c11-4-5-1-2-6-7(3-5)15-10(14)9(13)8(6)12/h1-3H,13H2,(H4,12,14,15). The Bertz CT molecular complexity index is 582. The molecule has 6 N–H and O–H groups in total. The van der Waals surface area contributed by atoms with E-state index in [9.17, 15) is 0 Å². The number of hydrogen-bond donors (Lipinski definition) is 3. The van der Waals surface area contributed by atoms with E-state index < -0.39 is 0 Å². The van der Waals surface area contributed by atoms with E-state index >= 15 is 0 Å². The van der Waals surface area contributed by atoms with Gasteiger partial charge in [-0.05, 0) is 18.2 Å². The van der Waals surface area contributed by atoms with Gasteiger partial charge in [-0.3, -0.25) is 0 Å². The van der Waals surface area contributed by atoms with Crippen LogP contribution in [0.2, 0.25) is 0 Å². The molecular formula is C10H9N5. The van der Waals surface area contributed by atoms with Crippen LogP contribution in [0, 0.1) is 11.3 Å². The third-order valence-electron chi connectivity index (χ3n) is 2.22. The summed E-state index contributed by atoms with van der Waals surface area (Å²) < 4.78 is 0. The first-order valence-electron chi connectivity index (χ1n) is 4.27. The first kappa shape index (κ1) is 9.09. The van der Waals surface area contributed by atoms with Gasteiger partial charge in [0.1, 0.15) is 5.82 Å². The smallest absolute Gasteiger partial charge is 0.149 e. The van der Waals surface area contributed by atoms with Crippen molar-refractivity contribution in [3.05, 3.63) is 23.8 Å². The highest BCUT2D eigenvalue weighted by Gasteiger charge is 2.07. The zero-order valence-electron chi connectivity index (χ0n) is 7.86. The van der Waals surface area contributed by atoms with Crippen LogP contribution in [0.5, 0.6) is 0 Å². The summed E-state index contributed by atoms with van der Waals surface area (Å²) in [6.07, 6.45) is 0. The summed E-state index contributed by atoms with van der Waals surface area (Å²) in [6, 6.07) is 7.02. The Balaban J connectivity index is 2.87. The lowest BCUT2D eigenvalue weighted by Crippen LogP contribution is -2.03. The van der Waals surface area contributed by atoms with Gasteiger partial charge in [-0.2, -0.15) is 5.26 Å². The SMILES string of the molecule is N#Cc1ccc2c(N)c(N)c(N)nc2c1. The molecule has 5 nitrogen and oxygen atoms in total. The molecule has 0 radical (unpaired) electrons. The van der Waals surface area contributed by atoms with E-state index in [1.165, 1.54) is 0 Å². The number of fused-ring (bicyclic) bond motifs is 1. The second kappa shape index (κ2) is 3.03. The van der Waals surface area contributed by atoms with Gasteiger partial charge in [0.05, 0.1) is 28.5 Å². The average Bonchev–Trinajstić information content (AvgIpc) is 2.25. The second-order valence-electron chi connectivity index (χ2n) is 3.17. The second-order valence-corrected chi connectivity index (χ2v) is 3.17. The highest BCUT2D eigenvalue weighted by atomic mass is 14.9. The fourth-order valence-electron chi connectivity index (χ4n) is 1.39. The molecule has 0 spiro atoms. The number of rotatable bonds is 0. The zero-order chi connectivity index (χ0) is 11.0. The number of aromatic nitrogens is 1. The van der Waals surface area contributed by atoms with Crippen LogP contribution < -0.4 is 17.2 Å². The molecule has 1 heterocycles. The maximum Gasteiger partial charge on any atom is 0.149 e. The number of nitrogen functional groups attached to an aromatic ring is 3. The summed E-state index contributed by atoms with van der Waals surface area (Å²) in [4.78, 5) is 4.07. The topological polar surface area (TPSA) is 115 Å². The Hall–Kier alpha value is -2.48. The molecule has 74 valence electrons. The number of benzene rings is 1. The van der Waals surface area contributed by atoms with Crippen molar-refractivity contribution < 1.29 is 0 Å². The summed E-state index contributed by atoms with van der Waals surface area (Å²) in [7, 11) is 0. The van der Waals surface area contributed by atoms with E-state index in [0.717, 1.165) is 0 Å². The third-order valence-corrected chi connectivity index (χ3v) is 2.22. The molecule has 0 fully saturated rings. The molecule has 2 rings (SSSR count). The summed E-state index contributed by atoms with van der Waals surface area (Å²) in [5, 5.41) is 9.43. The monoisotopic (exact) mass is 199 g/mol. The maximum absolute atomic E-state index is 8.73. The first-order valence-corrected chi connectivity index (χ1v) is 4.27. The fourth-order valence-corrected chi connectivity index (χ4v) is 1.39. The Kier molecular flexibility index (Phi) is 1.83. The molecule has 0 atom stereocenters. The van der Waals surface area contributed by atoms with Crippen molar-refractivity contribution in [3.63, 3.8) is 0 Å². The van der Waals surface area contributed by atoms with Crippen LogP contribution in [0.15, 0.2) is 18.2 Å². The van der Waals surface area contributed by atoms with Crippen molar-refractivity contribution >= 4 is 28.1 Å². The fraction of sp³-hybridized carbons (Fsp3) is 0. The van der Waals surface area contributed by atoms with Crippen LogP contribution in [0.25, 0.3) is 10.9 Å². The van der Waals surface area contributed by atoms with Crippen LogP contribution >= 0.6 is 0 Å².